The van der Waals surface area contributed by atoms with E-state index in [1.54, 1.807) is 17.0 Å². The van der Waals surface area contributed by atoms with Gasteiger partial charge >= 0.3 is 6.09 Å². The van der Waals surface area contributed by atoms with E-state index < -0.39 is 5.60 Å². The van der Waals surface area contributed by atoms with Crippen LogP contribution in [0, 0.1) is 11.7 Å². The van der Waals surface area contributed by atoms with E-state index in [0.717, 1.165) is 12.8 Å². The predicted octanol–water partition coefficient (Wildman–Crippen LogP) is 4.54. The lowest BCUT2D eigenvalue weighted by Gasteiger charge is -2.34. The van der Waals surface area contributed by atoms with Gasteiger partial charge < -0.3 is 15.0 Å². The second-order valence-electron chi connectivity index (χ2n) is 6.91. The van der Waals surface area contributed by atoms with E-state index in [1.807, 2.05) is 20.8 Å². The molecule has 1 fully saturated rings. The Hall–Kier alpha value is -1.49. The molecule has 23 heavy (non-hydrogen) atoms. The summed E-state index contributed by atoms with van der Waals surface area (Å²) in [7, 11) is 0. The number of carbonyl (C=O) groups is 1. The summed E-state index contributed by atoms with van der Waals surface area (Å²) in [5, 5.41) is 3.44. The maximum Gasteiger partial charge on any atom is 0.410 e. The van der Waals surface area contributed by atoms with Crippen LogP contribution in [0.1, 0.15) is 33.6 Å². The van der Waals surface area contributed by atoms with Crippen molar-refractivity contribution in [3.8, 4) is 0 Å². The fourth-order valence-corrected chi connectivity index (χ4v) is 2.87. The highest BCUT2D eigenvalue weighted by atomic mass is 35.5. The first-order valence-corrected chi connectivity index (χ1v) is 8.30. The Morgan fingerprint density at radius 2 is 2.22 bits per heavy atom. The molecular weight excluding hydrogens is 319 g/mol. The predicted molar refractivity (Wildman–Crippen MR) is 90.4 cm³/mol. The van der Waals surface area contributed by atoms with Crippen LogP contribution in [-0.2, 0) is 4.74 Å². The molecule has 1 aliphatic heterocycles. The number of para-hydroxylation sites is 1. The molecule has 128 valence electrons. The first-order chi connectivity index (χ1) is 10.8. The molecule has 1 aliphatic rings. The van der Waals surface area contributed by atoms with Crippen molar-refractivity contribution in [3.63, 3.8) is 0 Å². The van der Waals surface area contributed by atoms with E-state index in [4.69, 9.17) is 16.3 Å². The zero-order chi connectivity index (χ0) is 17.0. The summed E-state index contributed by atoms with van der Waals surface area (Å²) in [5.74, 6) is -0.121. The van der Waals surface area contributed by atoms with Crippen molar-refractivity contribution in [2.45, 2.75) is 39.2 Å². The molecule has 0 spiro atoms. The van der Waals surface area contributed by atoms with E-state index in [-0.39, 0.29) is 17.8 Å². The van der Waals surface area contributed by atoms with E-state index in [1.165, 1.54) is 6.07 Å². The van der Waals surface area contributed by atoms with Gasteiger partial charge in [0.25, 0.3) is 0 Å². The molecule has 0 aromatic heterocycles. The van der Waals surface area contributed by atoms with E-state index in [0.29, 0.717) is 30.3 Å². The molecule has 0 radical (unpaired) electrons. The van der Waals surface area contributed by atoms with Crippen LogP contribution in [-0.4, -0.2) is 36.2 Å². The molecule has 1 unspecified atom stereocenters. The summed E-state index contributed by atoms with van der Waals surface area (Å²) < 4.78 is 19.2. The maximum absolute atomic E-state index is 13.8. The van der Waals surface area contributed by atoms with Crippen molar-refractivity contribution >= 4 is 23.4 Å². The first-order valence-electron chi connectivity index (χ1n) is 7.92. The Labute approximate surface area is 141 Å². The van der Waals surface area contributed by atoms with Gasteiger partial charge in [0.2, 0.25) is 0 Å². The van der Waals surface area contributed by atoms with Crippen LogP contribution in [0.25, 0.3) is 0 Å². The molecule has 0 aliphatic carbocycles. The number of anilines is 1. The SMILES string of the molecule is CC(C)(C)OC(=O)N1CCCC(CNc2c(F)cccc2Cl)C1. The van der Waals surface area contributed by atoms with Gasteiger partial charge in [0.15, 0.2) is 0 Å². The van der Waals surface area contributed by atoms with Crippen LogP contribution < -0.4 is 5.32 Å². The third-order valence-corrected chi connectivity index (χ3v) is 4.02. The number of likely N-dealkylation sites (tertiary alicyclic amines) is 1. The Kier molecular flexibility index (Phi) is 5.74. The lowest BCUT2D eigenvalue weighted by atomic mass is 9.98. The maximum atomic E-state index is 13.8. The molecule has 1 aromatic rings. The van der Waals surface area contributed by atoms with Crippen LogP contribution in [0.4, 0.5) is 14.9 Å². The average molecular weight is 343 g/mol. The third kappa shape index (κ3) is 5.27. The molecule has 1 amide bonds. The second-order valence-corrected chi connectivity index (χ2v) is 7.32. The topological polar surface area (TPSA) is 41.6 Å². The van der Waals surface area contributed by atoms with E-state index in [2.05, 4.69) is 5.32 Å². The van der Waals surface area contributed by atoms with Gasteiger partial charge in [-0.15, -0.1) is 0 Å². The molecule has 1 saturated heterocycles. The lowest BCUT2D eigenvalue weighted by molar-refractivity contribution is 0.0172. The van der Waals surface area contributed by atoms with E-state index in [9.17, 15) is 9.18 Å². The van der Waals surface area contributed by atoms with Crippen molar-refractivity contribution in [1.82, 2.24) is 4.90 Å². The summed E-state index contributed by atoms with van der Waals surface area (Å²) >= 11 is 6.01. The van der Waals surface area contributed by atoms with Crippen molar-refractivity contribution in [3.05, 3.63) is 29.0 Å². The normalized spacial score (nSPS) is 18.7. The number of hydrogen-bond acceptors (Lipinski definition) is 3. The number of rotatable bonds is 3. The van der Waals surface area contributed by atoms with Gasteiger partial charge in [0, 0.05) is 19.6 Å². The van der Waals surface area contributed by atoms with Crippen LogP contribution in [0.5, 0.6) is 0 Å². The first kappa shape index (κ1) is 17.9. The fourth-order valence-electron chi connectivity index (χ4n) is 2.64. The molecule has 0 bridgehead atoms. The summed E-state index contributed by atoms with van der Waals surface area (Å²) in [6.45, 7) is 7.44. The molecular formula is C17H24ClFN2O2. The summed E-state index contributed by atoms with van der Waals surface area (Å²) in [6.07, 6.45) is 1.61. The average Bonchev–Trinajstić information content (AvgIpc) is 2.45. The summed E-state index contributed by atoms with van der Waals surface area (Å²) in [4.78, 5) is 13.9. The van der Waals surface area contributed by atoms with Crippen LogP contribution in [0.3, 0.4) is 0 Å². The van der Waals surface area contributed by atoms with Gasteiger partial charge in [-0.05, 0) is 51.7 Å². The van der Waals surface area contributed by atoms with Gasteiger partial charge in [0.1, 0.15) is 11.4 Å². The Bertz CT molecular complexity index is 540. The second kappa shape index (κ2) is 7.39. The monoisotopic (exact) mass is 342 g/mol. The number of amides is 1. The smallest absolute Gasteiger partial charge is 0.410 e. The molecule has 1 aromatic carbocycles. The standard InChI is InChI=1S/C17H24ClFN2O2/c1-17(2,3)23-16(22)21-9-5-6-12(11-21)10-20-15-13(18)7-4-8-14(15)19/h4,7-8,12,20H,5-6,9-11H2,1-3H3. The zero-order valence-electron chi connectivity index (χ0n) is 13.9. The van der Waals surface area contributed by atoms with Crippen molar-refractivity contribution in [2.24, 2.45) is 5.92 Å². The molecule has 1 atom stereocenters. The number of nitrogens with one attached hydrogen (secondary N) is 1. The minimum Gasteiger partial charge on any atom is -0.444 e. The lowest BCUT2D eigenvalue weighted by Crippen LogP contribution is -2.44. The number of carbonyl (C=O) groups excluding carboxylic acids is 1. The molecule has 4 nitrogen and oxygen atoms in total. The highest BCUT2D eigenvalue weighted by Gasteiger charge is 2.27. The van der Waals surface area contributed by atoms with Gasteiger partial charge in [-0.3, -0.25) is 0 Å². The Morgan fingerprint density at radius 1 is 1.48 bits per heavy atom. The number of ether oxygens (including phenoxy) is 1. The highest BCUT2D eigenvalue weighted by molar-refractivity contribution is 6.33. The van der Waals surface area contributed by atoms with Gasteiger partial charge in [-0.2, -0.15) is 0 Å². The summed E-state index contributed by atoms with van der Waals surface area (Å²) in [5.41, 5.74) is -0.174. The highest BCUT2D eigenvalue weighted by Crippen LogP contribution is 2.26. The number of benzene rings is 1. The van der Waals surface area contributed by atoms with Crippen molar-refractivity contribution < 1.29 is 13.9 Å². The largest absolute Gasteiger partial charge is 0.444 e. The molecule has 1 heterocycles. The number of nitrogens with zero attached hydrogens (tertiary/aromatic N) is 1. The van der Waals surface area contributed by atoms with Gasteiger partial charge in [0.05, 0.1) is 10.7 Å². The fraction of sp³-hybridized carbons (Fsp3) is 0.588. The Balaban J connectivity index is 1.90. The minimum absolute atomic E-state index is 0.243. The van der Waals surface area contributed by atoms with Gasteiger partial charge in [-0.1, -0.05) is 17.7 Å². The molecule has 1 N–H and O–H groups in total. The van der Waals surface area contributed by atoms with Gasteiger partial charge in [-0.25, -0.2) is 9.18 Å². The number of halogens is 2. The third-order valence-electron chi connectivity index (χ3n) is 3.70. The zero-order valence-corrected chi connectivity index (χ0v) is 14.6. The number of piperidine rings is 1. The van der Waals surface area contributed by atoms with Crippen molar-refractivity contribution in [2.75, 3.05) is 25.0 Å². The Morgan fingerprint density at radius 3 is 2.87 bits per heavy atom. The van der Waals surface area contributed by atoms with Crippen LogP contribution in [0.2, 0.25) is 5.02 Å². The van der Waals surface area contributed by atoms with Crippen molar-refractivity contribution in [1.29, 1.82) is 0 Å². The minimum atomic E-state index is -0.497. The molecule has 6 heteroatoms. The molecule has 0 saturated carbocycles. The quantitative estimate of drug-likeness (QED) is 0.876. The molecule has 2 rings (SSSR count). The summed E-state index contributed by atoms with van der Waals surface area (Å²) in [6, 6.07) is 4.61. The van der Waals surface area contributed by atoms with Crippen LogP contribution in [0.15, 0.2) is 18.2 Å². The number of hydrogen-bond donors (Lipinski definition) is 1. The van der Waals surface area contributed by atoms with Crippen LogP contribution >= 0.6 is 11.6 Å². The van der Waals surface area contributed by atoms with E-state index >= 15 is 0 Å².